The van der Waals surface area contributed by atoms with Crippen molar-refractivity contribution in [3.8, 4) is 0 Å². The molecule has 1 fully saturated rings. The van der Waals surface area contributed by atoms with Crippen molar-refractivity contribution in [3.05, 3.63) is 12.7 Å². The molecule has 1 rings (SSSR count). The average molecular weight is 380 g/mol. The molecule has 0 aromatic heterocycles. The summed E-state index contributed by atoms with van der Waals surface area (Å²) in [4.78, 5) is 6.97. The van der Waals surface area contributed by atoms with Crippen LogP contribution in [-0.2, 0) is 0 Å². The first kappa shape index (κ1) is 18.7. The third-order valence-corrected chi connectivity index (χ3v) is 3.42. The summed E-state index contributed by atoms with van der Waals surface area (Å²) in [5, 5.41) is 6.82. The summed E-state index contributed by atoms with van der Waals surface area (Å²) in [7, 11) is 0. The Bertz CT molecular complexity index is 291. The molecule has 112 valence electrons. The van der Waals surface area contributed by atoms with Crippen molar-refractivity contribution < 1.29 is 0 Å². The van der Waals surface area contributed by atoms with Crippen molar-refractivity contribution in [3.63, 3.8) is 0 Å². The number of hydrogen-bond donors (Lipinski definition) is 2. The normalized spacial score (nSPS) is 24.2. The molecule has 0 aromatic rings. The summed E-state index contributed by atoms with van der Waals surface area (Å²) in [6, 6.07) is 1.10. The Hall–Kier alpha value is -0.300. The first-order valence-corrected chi connectivity index (χ1v) is 6.98. The van der Waals surface area contributed by atoms with Crippen LogP contribution in [-0.4, -0.2) is 49.1 Å². The number of guanidine groups is 1. The smallest absolute Gasteiger partial charge is 0.191 e. The maximum Gasteiger partial charge on any atom is 0.191 e. The largest absolute Gasteiger partial charge is 0.357 e. The van der Waals surface area contributed by atoms with Crippen LogP contribution in [0.4, 0.5) is 0 Å². The van der Waals surface area contributed by atoms with Gasteiger partial charge in [0, 0.05) is 31.7 Å². The van der Waals surface area contributed by atoms with Gasteiger partial charge in [-0.15, -0.1) is 30.6 Å². The van der Waals surface area contributed by atoms with E-state index in [0.29, 0.717) is 24.5 Å². The van der Waals surface area contributed by atoms with E-state index >= 15 is 0 Å². The minimum Gasteiger partial charge on any atom is -0.357 e. The SMILES string of the molecule is C=CCN=C(NCC)NC1CN(C(C)C)CC1C.I. The molecule has 0 spiro atoms. The van der Waals surface area contributed by atoms with Gasteiger partial charge in [-0.2, -0.15) is 0 Å². The highest BCUT2D eigenvalue weighted by Crippen LogP contribution is 2.18. The van der Waals surface area contributed by atoms with Gasteiger partial charge < -0.3 is 10.6 Å². The molecule has 1 aliphatic heterocycles. The summed E-state index contributed by atoms with van der Waals surface area (Å²) < 4.78 is 0. The molecule has 0 saturated carbocycles. The molecule has 19 heavy (non-hydrogen) atoms. The molecule has 1 aliphatic rings. The van der Waals surface area contributed by atoms with Gasteiger partial charge in [-0.1, -0.05) is 13.0 Å². The third-order valence-electron chi connectivity index (χ3n) is 3.42. The van der Waals surface area contributed by atoms with E-state index in [-0.39, 0.29) is 24.0 Å². The summed E-state index contributed by atoms with van der Waals surface area (Å²) in [6.45, 7) is 16.4. The lowest BCUT2D eigenvalue weighted by Gasteiger charge is -2.21. The second kappa shape index (κ2) is 9.58. The second-order valence-electron chi connectivity index (χ2n) is 5.28. The van der Waals surface area contributed by atoms with Crippen molar-refractivity contribution in [2.45, 2.75) is 39.8 Å². The molecule has 0 aliphatic carbocycles. The van der Waals surface area contributed by atoms with Crippen LogP contribution in [0.5, 0.6) is 0 Å². The maximum absolute atomic E-state index is 4.46. The van der Waals surface area contributed by atoms with Gasteiger partial charge in [0.05, 0.1) is 6.54 Å². The van der Waals surface area contributed by atoms with Crippen LogP contribution in [0, 0.1) is 5.92 Å². The molecule has 0 aromatic carbocycles. The van der Waals surface area contributed by atoms with E-state index in [9.17, 15) is 0 Å². The fraction of sp³-hybridized carbons (Fsp3) is 0.786. The first-order chi connectivity index (χ1) is 8.58. The standard InChI is InChI=1S/C14H28N4.HI/c1-6-8-16-14(15-7-2)17-13-10-18(11(3)4)9-12(13)5;/h6,11-13H,1,7-10H2,2-5H3,(H2,15,16,17);1H. The Morgan fingerprint density at radius 2 is 2.16 bits per heavy atom. The Morgan fingerprint density at radius 1 is 1.47 bits per heavy atom. The van der Waals surface area contributed by atoms with E-state index in [0.717, 1.165) is 25.6 Å². The zero-order valence-electron chi connectivity index (χ0n) is 12.6. The molecule has 2 atom stereocenters. The molecule has 2 unspecified atom stereocenters. The zero-order chi connectivity index (χ0) is 13.5. The summed E-state index contributed by atoms with van der Waals surface area (Å²) in [5.41, 5.74) is 0. The molecule has 0 radical (unpaired) electrons. The number of halogens is 1. The van der Waals surface area contributed by atoms with Gasteiger partial charge >= 0.3 is 0 Å². The van der Waals surface area contributed by atoms with Crippen molar-refractivity contribution in [1.82, 2.24) is 15.5 Å². The number of aliphatic imine (C=N–C) groups is 1. The summed E-state index contributed by atoms with van der Waals surface area (Å²) in [5.74, 6) is 1.56. The number of nitrogens with one attached hydrogen (secondary N) is 2. The van der Waals surface area contributed by atoms with Gasteiger partial charge in [0.15, 0.2) is 5.96 Å². The van der Waals surface area contributed by atoms with Gasteiger partial charge in [-0.25, -0.2) is 4.99 Å². The topological polar surface area (TPSA) is 39.7 Å². The number of rotatable bonds is 5. The van der Waals surface area contributed by atoms with Gasteiger partial charge in [-0.05, 0) is 26.7 Å². The van der Waals surface area contributed by atoms with Gasteiger partial charge in [0.25, 0.3) is 0 Å². The highest BCUT2D eigenvalue weighted by atomic mass is 127. The molecule has 4 nitrogen and oxygen atoms in total. The Labute approximate surface area is 135 Å². The van der Waals surface area contributed by atoms with E-state index in [1.54, 1.807) is 0 Å². The molecule has 1 heterocycles. The molecular weight excluding hydrogens is 351 g/mol. The van der Waals surface area contributed by atoms with Crippen molar-refractivity contribution in [2.75, 3.05) is 26.2 Å². The number of nitrogens with zero attached hydrogens (tertiary/aromatic N) is 2. The second-order valence-corrected chi connectivity index (χ2v) is 5.28. The molecule has 0 bridgehead atoms. The molecule has 1 saturated heterocycles. The summed E-state index contributed by atoms with van der Waals surface area (Å²) >= 11 is 0. The fourth-order valence-electron chi connectivity index (χ4n) is 2.27. The number of hydrogen-bond acceptors (Lipinski definition) is 2. The van der Waals surface area contributed by atoms with Crippen LogP contribution in [0.3, 0.4) is 0 Å². The van der Waals surface area contributed by atoms with Crippen LogP contribution in [0.2, 0.25) is 0 Å². The zero-order valence-corrected chi connectivity index (χ0v) is 15.0. The lowest BCUT2D eigenvalue weighted by atomic mass is 10.1. The van der Waals surface area contributed by atoms with E-state index in [2.05, 4.69) is 54.8 Å². The van der Waals surface area contributed by atoms with Crippen molar-refractivity contribution >= 4 is 29.9 Å². The van der Waals surface area contributed by atoms with Crippen LogP contribution >= 0.6 is 24.0 Å². The predicted octanol–water partition coefficient (Wildman–Crippen LogP) is 2.07. The monoisotopic (exact) mass is 380 g/mol. The number of likely N-dealkylation sites (tertiary alicyclic amines) is 1. The van der Waals surface area contributed by atoms with E-state index in [4.69, 9.17) is 0 Å². The Kier molecular flexibility index (Phi) is 9.43. The fourth-order valence-corrected chi connectivity index (χ4v) is 2.27. The lowest BCUT2D eigenvalue weighted by molar-refractivity contribution is 0.265. The van der Waals surface area contributed by atoms with Crippen LogP contribution in [0.1, 0.15) is 27.7 Å². The maximum atomic E-state index is 4.46. The van der Waals surface area contributed by atoms with E-state index in [1.165, 1.54) is 0 Å². The molecule has 0 amide bonds. The van der Waals surface area contributed by atoms with Crippen molar-refractivity contribution in [2.24, 2.45) is 10.9 Å². The van der Waals surface area contributed by atoms with Crippen LogP contribution in [0.25, 0.3) is 0 Å². The average Bonchev–Trinajstić information content (AvgIpc) is 2.68. The molecule has 2 N–H and O–H groups in total. The van der Waals surface area contributed by atoms with Crippen LogP contribution in [0.15, 0.2) is 17.6 Å². The van der Waals surface area contributed by atoms with Crippen molar-refractivity contribution in [1.29, 1.82) is 0 Å². The van der Waals surface area contributed by atoms with E-state index < -0.39 is 0 Å². The van der Waals surface area contributed by atoms with E-state index in [1.807, 2.05) is 6.08 Å². The lowest BCUT2D eigenvalue weighted by Crippen LogP contribution is -2.46. The van der Waals surface area contributed by atoms with Gasteiger partial charge in [0.2, 0.25) is 0 Å². The predicted molar refractivity (Wildman–Crippen MR) is 94.4 cm³/mol. The van der Waals surface area contributed by atoms with Crippen LogP contribution < -0.4 is 10.6 Å². The summed E-state index contributed by atoms with van der Waals surface area (Å²) in [6.07, 6.45) is 1.82. The quantitative estimate of drug-likeness (QED) is 0.332. The minimum atomic E-state index is 0. The third kappa shape index (κ3) is 6.12. The minimum absolute atomic E-state index is 0. The Balaban J connectivity index is 0.00000324. The van der Waals surface area contributed by atoms with Gasteiger partial charge in [0.1, 0.15) is 0 Å². The highest BCUT2D eigenvalue weighted by Gasteiger charge is 2.31. The highest BCUT2D eigenvalue weighted by molar-refractivity contribution is 14.0. The van der Waals surface area contributed by atoms with Gasteiger partial charge in [-0.3, -0.25) is 4.90 Å². The molecule has 5 heteroatoms. The Morgan fingerprint density at radius 3 is 2.63 bits per heavy atom. The molecular formula is C14H29IN4. The first-order valence-electron chi connectivity index (χ1n) is 6.98.